The van der Waals surface area contributed by atoms with Crippen LogP contribution in [0.4, 0.5) is 0 Å². The predicted molar refractivity (Wildman–Crippen MR) is 123 cm³/mol. The van der Waals surface area contributed by atoms with Crippen molar-refractivity contribution in [3.05, 3.63) is 30.2 Å². The molecule has 10 heteroatoms. The second kappa shape index (κ2) is 12.7. The molecule has 2 aromatic rings. The third kappa shape index (κ3) is 7.60. The summed E-state index contributed by atoms with van der Waals surface area (Å²) in [5, 5.41) is 13.8. The topological polar surface area (TPSA) is 121 Å². The zero-order valence-electron chi connectivity index (χ0n) is 19.0. The Balaban J connectivity index is 1.43. The minimum Gasteiger partial charge on any atom is -0.357 e. The molecule has 3 N–H and O–H groups in total. The van der Waals surface area contributed by atoms with Gasteiger partial charge < -0.3 is 20.5 Å². The number of guanidine groups is 1. The van der Waals surface area contributed by atoms with E-state index in [1.165, 1.54) is 0 Å². The smallest absolute Gasteiger partial charge is 0.276 e. The van der Waals surface area contributed by atoms with Crippen molar-refractivity contribution >= 4 is 11.9 Å². The molecule has 10 nitrogen and oxygen atoms in total. The number of aliphatic imine (C=N–C) groups is 1. The number of nitrogens with one attached hydrogen (secondary N) is 3. The summed E-state index contributed by atoms with van der Waals surface area (Å²) in [6.45, 7) is 8.46. The molecular weight excluding hydrogens is 408 g/mol. The Bertz CT molecular complexity index is 847. The van der Waals surface area contributed by atoms with Crippen LogP contribution < -0.4 is 16.0 Å². The van der Waals surface area contributed by atoms with Crippen LogP contribution in [0.2, 0.25) is 0 Å². The molecule has 174 valence electrons. The van der Waals surface area contributed by atoms with Crippen LogP contribution in [-0.4, -0.2) is 77.2 Å². The second-order valence-electron chi connectivity index (χ2n) is 7.79. The summed E-state index contributed by atoms with van der Waals surface area (Å²) >= 11 is 0. The molecule has 1 aliphatic heterocycles. The summed E-state index contributed by atoms with van der Waals surface area (Å²) in [6.07, 6.45) is 5.19. The minimum absolute atomic E-state index is 0.112. The monoisotopic (exact) mass is 442 g/mol. The molecule has 1 aliphatic rings. The zero-order chi connectivity index (χ0) is 22.6. The third-order valence-corrected chi connectivity index (χ3v) is 5.17. The fourth-order valence-corrected chi connectivity index (χ4v) is 3.49. The van der Waals surface area contributed by atoms with Gasteiger partial charge in [-0.1, -0.05) is 18.1 Å². The van der Waals surface area contributed by atoms with Crippen LogP contribution in [0, 0.1) is 0 Å². The number of carbonyl (C=O) groups excluding carboxylic acids is 1. The van der Waals surface area contributed by atoms with Crippen molar-refractivity contribution in [3.63, 3.8) is 0 Å². The van der Waals surface area contributed by atoms with E-state index in [0.717, 1.165) is 51.4 Å². The van der Waals surface area contributed by atoms with E-state index >= 15 is 0 Å². The van der Waals surface area contributed by atoms with E-state index in [4.69, 9.17) is 4.52 Å². The average molecular weight is 443 g/mol. The van der Waals surface area contributed by atoms with Gasteiger partial charge in [0.2, 0.25) is 5.91 Å². The molecule has 0 radical (unpaired) electrons. The normalized spacial score (nSPS) is 15.5. The first-order valence-corrected chi connectivity index (χ1v) is 11.5. The lowest BCUT2D eigenvalue weighted by atomic mass is 10.1. The fraction of sp³-hybridized carbons (Fsp3) is 0.591. The maximum atomic E-state index is 11.9. The van der Waals surface area contributed by atoms with Crippen molar-refractivity contribution in [2.75, 3.05) is 39.3 Å². The van der Waals surface area contributed by atoms with E-state index in [0.29, 0.717) is 43.0 Å². The van der Waals surface area contributed by atoms with Gasteiger partial charge in [0.25, 0.3) is 5.89 Å². The van der Waals surface area contributed by atoms with E-state index in [1.807, 2.05) is 25.1 Å². The average Bonchev–Trinajstić information content (AvgIpc) is 3.29. The molecule has 0 aromatic carbocycles. The number of rotatable bonds is 10. The molecule has 0 unspecified atom stereocenters. The number of nitrogens with zero attached hydrogens (tertiary/aromatic N) is 5. The summed E-state index contributed by atoms with van der Waals surface area (Å²) in [4.78, 5) is 27.4. The Kier molecular flexibility index (Phi) is 9.42. The van der Waals surface area contributed by atoms with Crippen LogP contribution >= 0.6 is 0 Å². The Morgan fingerprint density at radius 3 is 2.81 bits per heavy atom. The molecule has 0 saturated carbocycles. The van der Waals surface area contributed by atoms with Gasteiger partial charge >= 0.3 is 0 Å². The first kappa shape index (κ1) is 23.6. The zero-order valence-corrected chi connectivity index (χ0v) is 19.0. The Labute approximate surface area is 189 Å². The number of likely N-dealkylation sites (tertiary alicyclic amines) is 1. The first-order valence-electron chi connectivity index (χ1n) is 11.5. The maximum absolute atomic E-state index is 11.9. The van der Waals surface area contributed by atoms with E-state index in [-0.39, 0.29) is 5.91 Å². The highest BCUT2D eigenvalue weighted by atomic mass is 16.5. The number of hydrogen-bond donors (Lipinski definition) is 3. The van der Waals surface area contributed by atoms with E-state index in [1.54, 1.807) is 6.20 Å². The fourth-order valence-electron chi connectivity index (χ4n) is 3.49. The van der Waals surface area contributed by atoms with Crippen LogP contribution in [0.15, 0.2) is 33.9 Å². The lowest BCUT2D eigenvalue weighted by molar-refractivity contribution is -0.122. The van der Waals surface area contributed by atoms with Crippen molar-refractivity contribution < 1.29 is 9.32 Å². The van der Waals surface area contributed by atoms with E-state index < -0.39 is 0 Å². The van der Waals surface area contributed by atoms with Gasteiger partial charge in [0, 0.05) is 51.4 Å². The molecule has 1 amide bonds. The molecule has 1 saturated heterocycles. The number of piperidine rings is 1. The lowest BCUT2D eigenvalue weighted by Crippen LogP contribution is -2.50. The van der Waals surface area contributed by atoms with Gasteiger partial charge in [0.1, 0.15) is 5.69 Å². The SMILES string of the molecule is CCCNC(=O)CN1CCC(NC(=NCCc2noc(-c3ccccn3)n2)NCC)CC1. The highest BCUT2D eigenvalue weighted by Gasteiger charge is 2.21. The maximum Gasteiger partial charge on any atom is 0.276 e. The number of pyridine rings is 1. The van der Waals surface area contributed by atoms with Crippen LogP contribution in [0.1, 0.15) is 38.9 Å². The Morgan fingerprint density at radius 2 is 2.09 bits per heavy atom. The summed E-state index contributed by atoms with van der Waals surface area (Å²) < 4.78 is 5.30. The van der Waals surface area contributed by atoms with Crippen molar-refractivity contribution in [3.8, 4) is 11.6 Å². The highest BCUT2D eigenvalue weighted by Crippen LogP contribution is 2.13. The van der Waals surface area contributed by atoms with Crippen molar-refractivity contribution in [1.29, 1.82) is 0 Å². The van der Waals surface area contributed by atoms with Gasteiger partial charge in [-0.3, -0.25) is 19.7 Å². The molecule has 1 fully saturated rings. The quantitative estimate of drug-likeness (QED) is 0.371. The summed E-state index contributed by atoms with van der Waals surface area (Å²) in [7, 11) is 0. The molecule has 0 aliphatic carbocycles. The molecule has 32 heavy (non-hydrogen) atoms. The molecule has 0 spiro atoms. The summed E-state index contributed by atoms with van der Waals surface area (Å²) in [5.41, 5.74) is 0.666. The van der Waals surface area contributed by atoms with Crippen molar-refractivity contribution in [2.24, 2.45) is 4.99 Å². The van der Waals surface area contributed by atoms with Gasteiger partial charge in [-0.05, 0) is 38.3 Å². The van der Waals surface area contributed by atoms with Gasteiger partial charge in [-0.2, -0.15) is 4.98 Å². The van der Waals surface area contributed by atoms with Crippen LogP contribution in [0.5, 0.6) is 0 Å². The van der Waals surface area contributed by atoms with Crippen molar-refractivity contribution in [1.82, 2.24) is 36.0 Å². The molecule has 3 rings (SSSR count). The third-order valence-electron chi connectivity index (χ3n) is 5.17. The van der Waals surface area contributed by atoms with Gasteiger partial charge in [-0.25, -0.2) is 0 Å². The van der Waals surface area contributed by atoms with Crippen LogP contribution in [0.25, 0.3) is 11.6 Å². The van der Waals surface area contributed by atoms with Gasteiger partial charge in [-0.15, -0.1) is 0 Å². The molecular formula is C22H34N8O2. The van der Waals surface area contributed by atoms with E-state index in [9.17, 15) is 4.79 Å². The minimum atomic E-state index is 0.112. The number of hydrogen-bond acceptors (Lipinski definition) is 7. The molecule has 0 bridgehead atoms. The van der Waals surface area contributed by atoms with Gasteiger partial charge in [0.05, 0.1) is 6.54 Å². The standard InChI is InChI=1S/C22H34N8O2/c1-3-11-25-20(31)16-30-14-9-17(10-15-30)27-22(23-4-2)26-13-8-19-28-21(32-29-19)18-7-5-6-12-24-18/h5-7,12,17H,3-4,8-11,13-16H2,1-2H3,(H,25,31)(H2,23,26,27). The second-order valence-corrected chi connectivity index (χ2v) is 7.79. The van der Waals surface area contributed by atoms with Crippen LogP contribution in [0.3, 0.4) is 0 Å². The first-order chi connectivity index (χ1) is 15.7. The van der Waals surface area contributed by atoms with E-state index in [2.05, 4.69) is 47.9 Å². The number of amides is 1. The number of aromatic nitrogens is 3. The molecule has 3 heterocycles. The lowest BCUT2D eigenvalue weighted by Gasteiger charge is -2.32. The largest absolute Gasteiger partial charge is 0.357 e. The Hall–Kier alpha value is -3.01. The summed E-state index contributed by atoms with van der Waals surface area (Å²) in [5.74, 6) is 1.94. The molecule has 0 atom stereocenters. The molecule has 2 aromatic heterocycles. The predicted octanol–water partition coefficient (Wildman–Crippen LogP) is 1.22. The van der Waals surface area contributed by atoms with Crippen molar-refractivity contribution in [2.45, 2.75) is 45.6 Å². The Morgan fingerprint density at radius 1 is 1.25 bits per heavy atom. The number of carbonyl (C=O) groups is 1. The summed E-state index contributed by atoms with van der Waals surface area (Å²) in [6, 6.07) is 5.91. The highest BCUT2D eigenvalue weighted by molar-refractivity contribution is 5.80. The van der Waals surface area contributed by atoms with Crippen LogP contribution in [-0.2, 0) is 11.2 Å². The van der Waals surface area contributed by atoms with Gasteiger partial charge in [0.15, 0.2) is 11.8 Å².